The van der Waals surface area contributed by atoms with Crippen LogP contribution in [-0.2, 0) is 9.59 Å². The number of carboxylic acid groups (broad SMARTS) is 1. The molecule has 1 aromatic heterocycles. The number of benzene rings is 1. The topological polar surface area (TPSA) is 121 Å². The zero-order valence-electron chi connectivity index (χ0n) is 15.1. The summed E-state index contributed by atoms with van der Waals surface area (Å²) in [6.07, 6.45) is 0. The Balaban J connectivity index is 1.89. The Morgan fingerprint density at radius 3 is 2.26 bits per heavy atom. The van der Waals surface area contributed by atoms with E-state index in [1.54, 1.807) is 12.1 Å². The average molecular weight is 388 g/mol. The van der Waals surface area contributed by atoms with Gasteiger partial charge < -0.3 is 15.7 Å². The monoisotopic (exact) mass is 388 g/mol. The average Bonchev–Trinajstić information content (AvgIpc) is 2.59. The second-order valence-electron chi connectivity index (χ2n) is 5.88. The highest BCUT2D eigenvalue weighted by Gasteiger charge is 2.15. The van der Waals surface area contributed by atoms with Crippen LogP contribution in [0.2, 0.25) is 0 Å². The van der Waals surface area contributed by atoms with E-state index in [1.165, 1.54) is 30.8 Å². The number of hydrogen-bond donors (Lipinski definition) is 3. The minimum absolute atomic E-state index is 0.154. The van der Waals surface area contributed by atoms with E-state index in [0.29, 0.717) is 16.4 Å². The van der Waals surface area contributed by atoms with Crippen LogP contribution in [0, 0.1) is 13.8 Å². The summed E-state index contributed by atoms with van der Waals surface area (Å²) in [6.45, 7) is 5.12. The molecule has 0 saturated heterocycles. The van der Waals surface area contributed by atoms with Gasteiger partial charge in [-0.2, -0.15) is 0 Å². The molecule has 0 spiro atoms. The first-order chi connectivity index (χ1) is 12.7. The quantitative estimate of drug-likeness (QED) is 0.490. The molecule has 142 valence electrons. The Bertz CT molecular complexity index is 835. The van der Waals surface area contributed by atoms with Gasteiger partial charge in [-0.3, -0.25) is 14.4 Å². The van der Waals surface area contributed by atoms with Crippen LogP contribution in [0.5, 0.6) is 0 Å². The van der Waals surface area contributed by atoms with E-state index in [4.69, 9.17) is 5.11 Å². The number of carbonyl (C=O) groups excluding carboxylic acids is 2. The maximum Gasteiger partial charge on any atom is 0.325 e. The number of aryl methyl sites for hydroxylation is 2. The highest BCUT2D eigenvalue weighted by molar-refractivity contribution is 7.99. The van der Waals surface area contributed by atoms with Crippen LogP contribution in [-0.4, -0.2) is 44.7 Å². The number of amides is 2. The summed E-state index contributed by atoms with van der Waals surface area (Å²) >= 11 is 1.24. The molecule has 0 aliphatic heterocycles. The van der Waals surface area contributed by atoms with Gasteiger partial charge in [0.1, 0.15) is 6.04 Å². The number of aliphatic carboxylic acids is 1. The molecule has 27 heavy (non-hydrogen) atoms. The molecule has 1 unspecified atom stereocenters. The largest absolute Gasteiger partial charge is 0.480 e. The van der Waals surface area contributed by atoms with Crippen LogP contribution in [0.4, 0.5) is 5.69 Å². The Morgan fingerprint density at radius 2 is 1.70 bits per heavy atom. The Morgan fingerprint density at radius 1 is 1.11 bits per heavy atom. The SMILES string of the molecule is Cc1cc(C)nc(SCC(=O)Nc2ccc(C(=O)NC(C)C(=O)O)cc2)n1. The molecule has 2 amide bonds. The number of nitrogens with one attached hydrogen (secondary N) is 2. The summed E-state index contributed by atoms with van der Waals surface area (Å²) in [6, 6.07) is 7.06. The van der Waals surface area contributed by atoms with Crippen molar-refractivity contribution in [2.24, 2.45) is 0 Å². The summed E-state index contributed by atoms with van der Waals surface area (Å²) in [5.74, 6) is -1.68. The van der Waals surface area contributed by atoms with E-state index in [-0.39, 0.29) is 11.7 Å². The number of anilines is 1. The maximum absolute atomic E-state index is 12.1. The number of carbonyl (C=O) groups is 3. The number of aromatic nitrogens is 2. The van der Waals surface area contributed by atoms with Crippen LogP contribution >= 0.6 is 11.8 Å². The molecule has 0 bridgehead atoms. The fourth-order valence-electron chi connectivity index (χ4n) is 2.13. The van der Waals surface area contributed by atoms with Crippen molar-refractivity contribution < 1.29 is 19.5 Å². The van der Waals surface area contributed by atoms with Crippen molar-refractivity contribution in [3.8, 4) is 0 Å². The third-order valence-corrected chi connectivity index (χ3v) is 4.29. The Kier molecular flexibility index (Phi) is 6.89. The van der Waals surface area contributed by atoms with E-state index < -0.39 is 17.9 Å². The fourth-order valence-corrected chi connectivity index (χ4v) is 2.88. The minimum Gasteiger partial charge on any atom is -0.480 e. The van der Waals surface area contributed by atoms with Gasteiger partial charge in [-0.25, -0.2) is 9.97 Å². The number of hydrogen-bond acceptors (Lipinski definition) is 6. The molecule has 2 aromatic rings. The maximum atomic E-state index is 12.1. The van der Waals surface area contributed by atoms with E-state index in [2.05, 4.69) is 20.6 Å². The second-order valence-corrected chi connectivity index (χ2v) is 6.82. The summed E-state index contributed by atoms with van der Waals surface area (Å²) in [5.41, 5.74) is 2.52. The molecule has 0 radical (unpaired) electrons. The third-order valence-electron chi connectivity index (χ3n) is 3.44. The van der Waals surface area contributed by atoms with Gasteiger partial charge in [0.2, 0.25) is 5.91 Å². The number of rotatable bonds is 7. The highest BCUT2D eigenvalue weighted by Crippen LogP contribution is 2.15. The standard InChI is InChI=1S/C18H20N4O4S/c1-10-8-11(2)20-18(19-10)27-9-15(23)22-14-6-4-13(5-7-14)16(24)21-12(3)17(25)26/h4-8,12H,9H2,1-3H3,(H,21,24)(H,22,23)(H,25,26). The van der Waals surface area contributed by atoms with Gasteiger partial charge in [0.15, 0.2) is 5.16 Å². The third kappa shape index (κ3) is 6.37. The van der Waals surface area contributed by atoms with Crippen LogP contribution in [0.15, 0.2) is 35.5 Å². The summed E-state index contributed by atoms with van der Waals surface area (Å²) in [5, 5.41) is 14.4. The van der Waals surface area contributed by atoms with E-state index in [9.17, 15) is 14.4 Å². The highest BCUT2D eigenvalue weighted by atomic mass is 32.2. The zero-order chi connectivity index (χ0) is 20.0. The number of nitrogens with zero attached hydrogens (tertiary/aromatic N) is 2. The van der Waals surface area contributed by atoms with E-state index >= 15 is 0 Å². The number of carboxylic acids is 1. The molecular formula is C18H20N4O4S. The Labute approximate surface area is 160 Å². The lowest BCUT2D eigenvalue weighted by molar-refractivity contribution is -0.138. The van der Waals surface area contributed by atoms with E-state index in [1.807, 2.05) is 19.9 Å². The van der Waals surface area contributed by atoms with Crippen molar-refractivity contribution in [1.82, 2.24) is 15.3 Å². The van der Waals surface area contributed by atoms with Gasteiger partial charge in [0.05, 0.1) is 5.75 Å². The van der Waals surface area contributed by atoms with Crippen molar-refractivity contribution in [2.45, 2.75) is 32.0 Å². The zero-order valence-corrected chi connectivity index (χ0v) is 16.0. The van der Waals surface area contributed by atoms with Gasteiger partial charge in [-0.05, 0) is 51.1 Å². The van der Waals surface area contributed by atoms with Crippen LogP contribution < -0.4 is 10.6 Å². The molecule has 0 fully saturated rings. The molecule has 9 heteroatoms. The lowest BCUT2D eigenvalue weighted by atomic mass is 10.2. The molecular weight excluding hydrogens is 368 g/mol. The van der Waals surface area contributed by atoms with Gasteiger partial charge in [-0.1, -0.05) is 11.8 Å². The lowest BCUT2D eigenvalue weighted by Crippen LogP contribution is -2.38. The summed E-state index contributed by atoms with van der Waals surface area (Å²) in [7, 11) is 0. The van der Waals surface area contributed by atoms with Gasteiger partial charge in [-0.15, -0.1) is 0 Å². The van der Waals surface area contributed by atoms with Crippen molar-refractivity contribution in [2.75, 3.05) is 11.1 Å². The molecule has 0 saturated carbocycles. The van der Waals surface area contributed by atoms with Crippen molar-refractivity contribution in [3.63, 3.8) is 0 Å². The van der Waals surface area contributed by atoms with Crippen molar-refractivity contribution in [1.29, 1.82) is 0 Å². The molecule has 0 aliphatic rings. The van der Waals surface area contributed by atoms with Gasteiger partial charge >= 0.3 is 5.97 Å². The molecule has 1 heterocycles. The normalized spacial score (nSPS) is 11.5. The first kappa shape index (κ1) is 20.4. The molecule has 1 atom stereocenters. The van der Waals surface area contributed by atoms with E-state index in [0.717, 1.165) is 11.4 Å². The van der Waals surface area contributed by atoms with Gasteiger partial charge in [0.25, 0.3) is 5.91 Å². The smallest absolute Gasteiger partial charge is 0.325 e. The summed E-state index contributed by atoms with van der Waals surface area (Å²) < 4.78 is 0. The van der Waals surface area contributed by atoms with Crippen LogP contribution in [0.1, 0.15) is 28.7 Å². The fraction of sp³-hybridized carbons (Fsp3) is 0.278. The molecule has 1 aromatic carbocycles. The summed E-state index contributed by atoms with van der Waals surface area (Å²) in [4.78, 5) is 43.3. The predicted molar refractivity (Wildman–Crippen MR) is 102 cm³/mol. The lowest BCUT2D eigenvalue weighted by Gasteiger charge is -2.10. The van der Waals surface area contributed by atoms with Crippen molar-refractivity contribution >= 4 is 35.2 Å². The molecule has 2 rings (SSSR count). The Hall–Kier alpha value is -2.94. The van der Waals surface area contributed by atoms with Crippen molar-refractivity contribution in [3.05, 3.63) is 47.3 Å². The molecule has 3 N–H and O–H groups in total. The first-order valence-corrected chi connectivity index (χ1v) is 9.12. The van der Waals surface area contributed by atoms with Crippen LogP contribution in [0.25, 0.3) is 0 Å². The van der Waals surface area contributed by atoms with Gasteiger partial charge in [0, 0.05) is 22.6 Å². The minimum atomic E-state index is -1.11. The first-order valence-electron chi connectivity index (χ1n) is 8.13. The molecule has 8 nitrogen and oxygen atoms in total. The number of thioether (sulfide) groups is 1. The van der Waals surface area contributed by atoms with Crippen LogP contribution in [0.3, 0.4) is 0 Å². The molecule has 0 aliphatic carbocycles. The second kappa shape index (κ2) is 9.13. The predicted octanol–water partition coefficient (Wildman–Crippen LogP) is 2.03.